The minimum absolute atomic E-state index is 0.348. The Labute approximate surface area is 126 Å². The molecule has 2 N–H and O–H groups in total. The number of hydrogen-bond acceptors (Lipinski definition) is 3. The molecule has 5 nitrogen and oxygen atoms in total. The van der Waals surface area contributed by atoms with Gasteiger partial charge in [-0.25, -0.2) is 8.42 Å². The number of aliphatic carboxylic acids is 1. The molecule has 0 amide bonds. The van der Waals surface area contributed by atoms with Crippen LogP contribution < -0.4 is 4.72 Å². The van der Waals surface area contributed by atoms with Crippen LogP contribution in [0.4, 0.5) is 13.2 Å². The SMILES string of the molecule is CC[C@H](C)[C@H](NS(=O)(=O)c1ccccc1C(F)(F)F)C(=O)O. The van der Waals surface area contributed by atoms with Gasteiger partial charge in [0.25, 0.3) is 0 Å². The first-order chi connectivity index (χ1) is 10.0. The minimum Gasteiger partial charge on any atom is -0.480 e. The van der Waals surface area contributed by atoms with Crippen molar-refractivity contribution in [3.05, 3.63) is 29.8 Å². The summed E-state index contributed by atoms with van der Waals surface area (Å²) in [6.45, 7) is 3.15. The van der Waals surface area contributed by atoms with E-state index >= 15 is 0 Å². The molecule has 0 unspecified atom stereocenters. The first-order valence-electron chi connectivity index (χ1n) is 6.42. The fourth-order valence-electron chi connectivity index (χ4n) is 1.81. The number of carbonyl (C=O) groups is 1. The van der Waals surface area contributed by atoms with E-state index in [0.717, 1.165) is 18.2 Å². The highest BCUT2D eigenvalue weighted by molar-refractivity contribution is 7.89. The molecular weight excluding hydrogens is 323 g/mol. The normalized spacial score (nSPS) is 15.3. The van der Waals surface area contributed by atoms with Crippen LogP contribution in [0.25, 0.3) is 0 Å². The maximum absolute atomic E-state index is 12.9. The molecule has 1 rings (SSSR count). The van der Waals surface area contributed by atoms with Crippen molar-refractivity contribution in [2.75, 3.05) is 0 Å². The summed E-state index contributed by atoms with van der Waals surface area (Å²) in [7, 11) is -4.62. The van der Waals surface area contributed by atoms with E-state index in [2.05, 4.69) is 0 Å². The van der Waals surface area contributed by atoms with Gasteiger partial charge in [-0.3, -0.25) is 4.79 Å². The molecule has 22 heavy (non-hydrogen) atoms. The third-order valence-electron chi connectivity index (χ3n) is 3.24. The number of carboxylic acid groups (broad SMARTS) is 1. The summed E-state index contributed by atoms with van der Waals surface area (Å²) < 4.78 is 64.8. The predicted molar refractivity (Wildman–Crippen MR) is 72.6 cm³/mol. The lowest BCUT2D eigenvalue weighted by Crippen LogP contribution is -2.45. The van der Waals surface area contributed by atoms with Crippen molar-refractivity contribution < 1.29 is 31.5 Å². The fourth-order valence-corrected chi connectivity index (χ4v) is 3.34. The van der Waals surface area contributed by atoms with Gasteiger partial charge in [0.2, 0.25) is 10.0 Å². The highest BCUT2D eigenvalue weighted by atomic mass is 32.2. The number of alkyl halides is 3. The summed E-state index contributed by atoms with van der Waals surface area (Å²) in [4.78, 5) is 10.2. The summed E-state index contributed by atoms with van der Waals surface area (Å²) in [5, 5.41) is 9.07. The fraction of sp³-hybridized carbons (Fsp3) is 0.462. The Morgan fingerprint density at radius 1 is 1.32 bits per heavy atom. The van der Waals surface area contributed by atoms with E-state index in [-0.39, 0.29) is 0 Å². The Bertz CT molecular complexity index is 643. The zero-order valence-electron chi connectivity index (χ0n) is 11.9. The van der Waals surface area contributed by atoms with Crippen LogP contribution in [-0.4, -0.2) is 25.5 Å². The second kappa shape index (κ2) is 6.66. The molecule has 124 valence electrons. The monoisotopic (exact) mass is 339 g/mol. The molecule has 0 aliphatic rings. The van der Waals surface area contributed by atoms with Crippen molar-refractivity contribution >= 4 is 16.0 Å². The molecule has 1 aromatic rings. The van der Waals surface area contributed by atoms with Crippen LogP contribution >= 0.6 is 0 Å². The van der Waals surface area contributed by atoms with Crippen LogP contribution in [0.15, 0.2) is 29.2 Å². The molecule has 0 aromatic heterocycles. The van der Waals surface area contributed by atoms with Crippen molar-refractivity contribution in [2.24, 2.45) is 5.92 Å². The Morgan fingerprint density at radius 3 is 2.32 bits per heavy atom. The number of halogens is 3. The van der Waals surface area contributed by atoms with E-state index in [1.807, 2.05) is 4.72 Å². The van der Waals surface area contributed by atoms with E-state index in [9.17, 15) is 26.4 Å². The summed E-state index contributed by atoms with van der Waals surface area (Å²) >= 11 is 0. The zero-order valence-corrected chi connectivity index (χ0v) is 12.7. The van der Waals surface area contributed by atoms with Crippen molar-refractivity contribution in [1.29, 1.82) is 0 Å². The Hall–Kier alpha value is -1.61. The number of carboxylic acids is 1. The molecule has 1 aromatic carbocycles. The van der Waals surface area contributed by atoms with Gasteiger partial charge in [0.1, 0.15) is 6.04 Å². The molecule has 0 aliphatic heterocycles. The third-order valence-corrected chi connectivity index (χ3v) is 4.74. The highest BCUT2D eigenvalue weighted by Gasteiger charge is 2.38. The lowest BCUT2D eigenvalue weighted by molar-refractivity contribution is -0.140. The number of nitrogens with one attached hydrogen (secondary N) is 1. The smallest absolute Gasteiger partial charge is 0.417 e. The Balaban J connectivity index is 3.29. The molecule has 0 spiro atoms. The average molecular weight is 339 g/mol. The second-order valence-corrected chi connectivity index (χ2v) is 6.50. The lowest BCUT2D eigenvalue weighted by atomic mass is 10.0. The summed E-state index contributed by atoms with van der Waals surface area (Å²) in [6, 6.07) is 2.12. The van der Waals surface area contributed by atoms with Crippen molar-refractivity contribution in [3.63, 3.8) is 0 Å². The average Bonchev–Trinajstić information content (AvgIpc) is 2.43. The van der Waals surface area contributed by atoms with Crippen molar-refractivity contribution in [3.8, 4) is 0 Å². The van der Waals surface area contributed by atoms with Crippen LogP contribution in [0.3, 0.4) is 0 Å². The van der Waals surface area contributed by atoms with Gasteiger partial charge in [-0.05, 0) is 18.1 Å². The molecule has 0 radical (unpaired) electrons. The summed E-state index contributed by atoms with van der Waals surface area (Å²) in [5.41, 5.74) is -1.34. The first kappa shape index (κ1) is 18.4. The predicted octanol–water partition coefficient (Wildman–Crippen LogP) is 2.48. The van der Waals surface area contributed by atoms with Crippen molar-refractivity contribution in [2.45, 2.75) is 37.4 Å². The van der Waals surface area contributed by atoms with Crippen LogP contribution in [-0.2, 0) is 21.0 Å². The summed E-state index contributed by atoms with van der Waals surface area (Å²) in [5.74, 6) is -2.02. The zero-order chi connectivity index (χ0) is 17.1. The van der Waals surface area contributed by atoms with E-state index < -0.39 is 44.6 Å². The second-order valence-electron chi connectivity index (χ2n) is 4.82. The molecular formula is C13H16F3NO4S. The third kappa shape index (κ3) is 4.20. The van der Waals surface area contributed by atoms with Crippen LogP contribution in [0.2, 0.25) is 0 Å². The minimum atomic E-state index is -4.86. The highest BCUT2D eigenvalue weighted by Crippen LogP contribution is 2.34. The van der Waals surface area contributed by atoms with E-state index in [1.54, 1.807) is 6.92 Å². The quantitative estimate of drug-likeness (QED) is 0.834. The van der Waals surface area contributed by atoms with Crippen LogP contribution in [0.1, 0.15) is 25.8 Å². The summed E-state index contributed by atoms with van der Waals surface area (Å²) in [6.07, 6.45) is -4.51. The molecule has 0 saturated heterocycles. The Morgan fingerprint density at radius 2 is 1.86 bits per heavy atom. The topological polar surface area (TPSA) is 83.5 Å². The number of benzene rings is 1. The maximum Gasteiger partial charge on any atom is 0.417 e. The van der Waals surface area contributed by atoms with Gasteiger partial charge in [0, 0.05) is 0 Å². The van der Waals surface area contributed by atoms with Gasteiger partial charge >= 0.3 is 12.1 Å². The van der Waals surface area contributed by atoms with E-state index in [4.69, 9.17) is 5.11 Å². The number of rotatable bonds is 6. The van der Waals surface area contributed by atoms with Crippen molar-refractivity contribution in [1.82, 2.24) is 4.72 Å². The van der Waals surface area contributed by atoms with Gasteiger partial charge in [0.15, 0.2) is 0 Å². The van der Waals surface area contributed by atoms with Gasteiger partial charge in [-0.1, -0.05) is 32.4 Å². The van der Waals surface area contributed by atoms with Gasteiger partial charge in [0.05, 0.1) is 10.5 Å². The molecule has 9 heteroatoms. The number of sulfonamides is 1. The lowest BCUT2D eigenvalue weighted by Gasteiger charge is -2.21. The van der Waals surface area contributed by atoms with Gasteiger partial charge < -0.3 is 5.11 Å². The Kier molecular flexibility index (Phi) is 5.58. The molecule has 2 atom stereocenters. The largest absolute Gasteiger partial charge is 0.480 e. The van der Waals surface area contributed by atoms with Gasteiger partial charge in [-0.15, -0.1) is 0 Å². The maximum atomic E-state index is 12.9. The number of hydrogen-bond donors (Lipinski definition) is 2. The molecule has 0 fully saturated rings. The van der Waals surface area contributed by atoms with Gasteiger partial charge in [-0.2, -0.15) is 17.9 Å². The standard InChI is InChI=1S/C13H16F3NO4S/c1-3-8(2)11(12(18)19)17-22(20,21)10-7-5-4-6-9(10)13(14,15)16/h4-8,11,17H,3H2,1-2H3,(H,18,19)/t8-,11-/m0/s1. The molecule has 0 aliphatic carbocycles. The molecule has 0 saturated carbocycles. The first-order valence-corrected chi connectivity index (χ1v) is 7.90. The van der Waals surface area contributed by atoms with Crippen LogP contribution in [0, 0.1) is 5.92 Å². The molecule has 0 bridgehead atoms. The van der Waals surface area contributed by atoms with E-state index in [1.165, 1.54) is 6.92 Å². The molecule has 0 heterocycles. The van der Waals surface area contributed by atoms with E-state index in [0.29, 0.717) is 12.5 Å². The van der Waals surface area contributed by atoms with Crippen LogP contribution in [0.5, 0.6) is 0 Å².